The Kier molecular flexibility index (Phi) is 5.47. The molecule has 1 N–H and O–H groups in total. The Hall–Kier alpha value is -4.58. The molecule has 0 aliphatic carbocycles. The van der Waals surface area contributed by atoms with Crippen molar-refractivity contribution in [2.75, 3.05) is 5.32 Å². The van der Waals surface area contributed by atoms with Gasteiger partial charge in [0.1, 0.15) is 29.4 Å². The smallest absolute Gasteiger partial charge is 0.165 e. The van der Waals surface area contributed by atoms with Crippen LogP contribution in [0.4, 0.5) is 5.69 Å². The van der Waals surface area contributed by atoms with Crippen molar-refractivity contribution in [3.8, 4) is 23.1 Å². The maximum absolute atomic E-state index is 9.12. The van der Waals surface area contributed by atoms with Crippen LogP contribution in [0.1, 0.15) is 37.9 Å². The lowest BCUT2D eigenvalue weighted by Crippen LogP contribution is -2.12. The van der Waals surface area contributed by atoms with E-state index in [2.05, 4.69) is 69.6 Å². The summed E-state index contributed by atoms with van der Waals surface area (Å²) in [5.41, 5.74) is 5.38. The van der Waals surface area contributed by atoms with Crippen molar-refractivity contribution >= 4 is 16.9 Å². The first kappa shape index (κ1) is 21.3. The van der Waals surface area contributed by atoms with Gasteiger partial charge in [0.05, 0.1) is 17.8 Å². The molecule has 4 aromatic heterocycles. The van der Waals surface area contributed by atoms with Gasteiger partial charge in [0, 0.05) is 35.8 Å². The maximum Gasteiger partial charge on any atom is 0.165 e. The zero-order chi connectivity index (χ0) is 23.7. The summed E-state index contributed by atoms with van der Waals surface area (Å²) in [7, 11) is 0. The Balaban J connectivity index is 1.53. The van der Waals surface area contributed by atoms with E-state index in [1.165, 1.54) is 6.20 Å². The lowest BCUT2D eigenvalue weighted by molar-refractivity contribution is 0.543. The van der Waals surface area contributed by atoms with E-state index in [0.29, 0.717) is 22.5 Å². The second kappa shape index (κ2) is 8.75. The Morgan fingerprint density at radius 1 is 1.00 bits per heavy atom. The molecule has 0 saturated heterocycles. The summed E-state index contributed by atoms with van der Waals surface area (Å²) in [6.45, 7) is 6.25. The first-order valence-electron chi connectivity index (χ1n) is 11.0. The number of pyridine rings is 2. The molecule has 0 saturated carbocycles. The molecular formula is C25H23N9. The number of aromatic nitrogens is 7. The molecule has 0 spiro atoms. The zero-order valence-electron chi connectivity index (χ0n) is 19.1. The van der Waals surface area contributed by atoms with Gasteiger partial charge in [0.25, 0.3) is 0 Å². The van der Waals surface area contributed by atoms with Crippen LogP contribution in [0.15, 0.2) is 67.4 Å². The molecule has 0 aliphatic heterocycles. The summed E-state index contributed by atoms with van der Waals surface area (Å²) in [4.78, 5) is 13.5. The largest absolute Gasteiger partial charge is 0.382 e. The number of hydrogen-bond donors (Lipinski definition) is 1. The second-order valence-electron chi connectivity index (χ2n) is 8.35. The minimum Gasteiger partial charge on any atom is -0.382 e. The highest BCUT2D eigenvalue weighted by Gasteiger charge is 2.17. The van der Waals surface area contributed by atoms with E-state index < -0.39 is 0 Å². The fraction of sp³-hybridized carbons (Fsp3) is 0.200. The number of benzene rings is 1. The molecule has 168 valence electrons. The highest BCUT2D eigenvalue weighted by Crippen LogP contribution is 2.30. The third-order valence-corrected chi connectivity index (χ3v) is 5.56. The van der Waals surface area contributed by atoms with Gasteiger partial charge < -0.3 is 5.32 Å². The molecule has 5 aromatic rings. The van der Waals surface area contributed by atoms with Crippen LogP contribution in [0.3, 0.4) is 0 Å². The van der Waals surface area contributed by atoms with Crippen molar-refractivity contribution in [2.45, 2.75) is 32.9 Å². The molecule has 1 aromatic carbocycles. The van der Waals surface area contributed by atoms with E-state index in [1.54, 1.807) is 23.2 Å². The van der Waals surface area contributed by atoms with Gasteiger partial charge in [-0.1, -0.05) is 35.5 Å². The van der Waals surface area contributed by atoms with Crippen molar-refractivity contribution in [2.24, 2.45) is 0 Å². The normalized spacial score (nSPS) is 12.1. The van der Waals surface area contributed by atoms with Gasteiger partial charge in [0.15, 0.2) is 5.65 Å². The summed E-state index contributed by atoms with van der Waals surface area (Å²) in [6, 6.07) is 16.2. The molecule has 1 atom stereocenters. The zero-order valence-corrected chi connectivity index (χ0v) is 19.1. The van der Waals surface area contributed by atoms with Crippen LogP contribution in [-0.2, 0) is 0 Å². The Labute approximate surface area is 196 Å². The molecule has 0 radical (unpaired) electrons. The molecule has 5 rings (SSSR count). The van der Waals surface area contributed by atoms with Gasteiger partial charge in [-0.05, 0) is 32.4 Å². The molecular weight excluding hydrogens is 426 g/mol. The first-order chi connectivity index (χ1) is 16.5. The van der Waals surface area contributed by atoms with Crippen LogP contribution in [0.5, 0.6) is 0 Å². The molecule has 34 heavy (non-hydrogen) atoms. The number of nitrogens with one attached hydrogen (secondary N) is 1. The fourth-order valence-corrected chi connectivity index (χ4v) is 3.81. The number of nitriles is 1. The van der Waals surface area contributed by atoms with Crippen molar-refractivity contribution in [3.05, 3.63) is 78.5 Å². The quantitative estimate of drug-likeness (QED) is 0.410. The molecule has 0 aliphatic rings. The minimum atomic E-state index is 0.0536. The topological polar surface area (TPSA) is 110 Å². The predicted octanol–water partition coefficient (Wildman–Crippen LogP) is 4.38. The lowest BCUT2D eigenvalue weighted by atomic mass is 10.1. The van der Waals surface area contributed by atoms with Gasteiger partial charge in [0.2, 0.25) is 0 Å². The highest BCUT2D eigenvalue weighted by molar-refractivity contribution is 5.78. The summed E-state index contributed by atoms with van der Waals surface area (Å²) in [6.07, 6.45) is 6.93. The van der Waals surface area contributed by atoms with Crippen LogP contribution < -0.4 is 5.32 Å². The first-order valence-corrected chi connectivity index (χ1v) is 11.0. The van der Waals surface area contributed by atoms with Crippen LogP contribution in [0.2, 0.25) is 0 Å². The number of anilines is 1. The van der Waals surface area contributed by atoms with Crippen LogP contribution in [0, 0.1) is 11.3 Å². The van der Waals surface area contributed by atoms with E-state index >= 15 is 0 Å². The van der Waals surface area contributed by atoms with Gasteiger partial charge in [-0.15, -0.1) is 5.10 Å². The third-order valence-electron chi connectivity index (χ3n) is 5.56. The average Bonchev–Trinajstić information content (AvgIpc) is 3.51. The summed E-state index contributed by atoms with van der Waals surface area (Å²) in [5, 5.41) is 21.4. The summed E-state index contributed by atoms with van der Waals surface area (Å²) in [5.74, 6) is 0.664. The standard InChI is InChI=1S/C25H23N9/c1-16(2)30-21-10-24(33-15-29-22-9-18(11-26)12-28-25(22)33)27-13-20(21)23-14-34(32-31-23)17(3)19-7-5-4-6-8-19/h4-10,12-17H,1-3H3,(H,27,30). The van der Waals surface area contributed by atoms with Gasteiger partial charge in [-0.2, -0.15) is 5.26 Å². The number of nitrogens with zero attached hydrogens (tertiary/aromatic N) is 8. The summed E-state index contributed by atoms with van der Waals surface area (Å²) < 4.78 is 3.66. The van der Waals surface area contributed by atoms with Crippen LogP contribution >= 0.6 is 0 Å². The Bertz CT molecular complexity index is 1490. The lowest BCUT2D eigenvalue weighted by Gasteiger charge is -2.15. The number of fused-ring (bicyclic) bond motifs is 1. The van der Waals surface area contributed by atoms with Crippen molar-refractivity contribution < 1.29 is 0 Å². The molecule has 0 amide bonds. The Morgan fingerprint density at radius 2 is 1.82 bits per heavy atom. The van der Waals surface area contributed by atoms with Crippen molar-refractivity contribution in [3.63, 3.8) is 0 Å². The highest BCUT2D eigenvalue weighted by atomic mass is 15.4. The average molecular weight is 450 g/mol. The molecule has 0 bridgehead atoms. The van der Waals surface area contributed by atoms with Crippen LogP contribution in [0.25, 0.3) is 28.2 Å². The maximum atomic E-state index is 9.12. The fourth-order valence-electron chi connectivity index (χ4n) is 3.81. The predicted molar refractivity (Wildman–Crippen MR) is 129 cm³/mol. The number of imidazole rings is 1. The molecule has 0 fully saturated rings. The van der Waals surface area contributed by atoms with Crippen molar-refractivity contribution in [1.29, 1.82) is 5.26 Å². The molecule has 1 unspecified atom stereocenters. The molecule has 9 nitrogen and oxygen atoms in total. The van der Waals surface area contributed by atoms with Crippen molar-refractivity contribution in [1.82, 2.24) is 34.5 Å². The Morgan fingerprint density at radius 3 is 2.59 bits per heavy atom. The van der Waals surface area contributed by atoms with Gasteiger partial charge in [-0.3, -0.25) is 4.57 Å². The SMILES string of the molecule is CC(C)Nc1cc(-n2cnc3cc(C#N)cnc32)ncc1-c1cn(C(C)c2ccccc2)nn1. The third kappa shape index (κ3) is 3.97. The van der Waals surface area contributed by atoms with E-state index in [1.807, 2.05) is 35.1 Å². The van der Waals surface area contributed by atoms with Gasteiger partial charge >= 0.3 is 0 Å². The van der Waals surface area contributed by atoms with E-state index in [4.69, 9.17) is 5.26 Å². The van der Waals surface area contributed by atoms with Gasteiger partial charge in [-0.25, -0.2) is 19.6 Å². The van der Waals surface area contributed by atoms with E-state index in [-0.39, 0.29) is 12.1 Å². The van der Waals surface area contributed by atoms with E-state index in [0.717, 1.165) is 22.5 Å². The molecule has 9 heteroatoms. The monoisotopic (exact) mass is 449 g/mol. The second-order valence-corrected chi connectivity index (χ2v) is 8.35. The van der Waals surface area contributed by atoms with Crippen LogP contribution in [-0.4, -0.2) is 40.6 Å². The molecule has 4 heterocycles. The number of rotatable bonds is 6. The minimum absolute atomic E-state index is 0.0536. The van der Waals surface area contributed by atoms with E-state index in [9.17, 15) is 0 Å². The number of hydrogen-bond acceptors (Lipinski definition) is 7. The summed E-state index contributed by atoms with van der Waals surface area (Å²) >= 11 is 0.